The van der Waals surface area contributed by atoms with Crippen molar-refractivity contribution in [2.45, 2.75) is 77.9 Å². The van der Waals surface area contributed by atoms with Crippen LogP contribution in [0.5, 0.6) is 0 Å². The number of imide groups is 2. The average Bonchev–Trinajstić information content (AvgIpc) is 3.86. The SMILES string of the molecule is Cc1c(NC(=O)c2cnn(C(C)(C)C)c2)cc(F)cc1-c1ccnc(Nc2ccc3c(c2)CN(CC2CCN(c4ccc5c(c4)C(=O)N(C4CCC(=O)NC4=O)C5=O)CC2)CC3)n1. The molecule has 324 valence electrons. The molecule has 9 rings (SSSR count). The van der Waals surface area contributed by atoms with E-state index in [0.29, 0.717) is 45.5 Å². The highest BCUT2D eigenvalue weighted by Gasteiger charge is 2.45. The summed E-state index contributed by atoms with van der Waals surface area (Å²) >= 11 is 0. The molecule has 63 heavy (non-hydrogen) atoms. The van der Waals surface area contributed by atoms with Gasteiger partial charge in [0.25, 0.3) is 17.7 Å². The second-order valence-corrected chi connectivity index (χ2v) is 17.9. The van der Waals surface area contributed by atoms with Gasteiger partial charge in [-0.15, -0.1) is 0 Å². The maximum atomic E-state index is 15.1. The lowest BCUT2D eigenvalue weighted by atomic mass is 9.93. The van der Waals surface area contributed by atoms with Gasteiger partial charge in [-0.2, -0.15) is 5.10 Å². The minimum absolute atomic E-state index is 0.0810. The van der Waals surface area contributed by atoms with Gasteiger partial charge < -0.3 is 15.5 Å². The molecule has 15 nitrogen and oxygen atoms in total. The van der Waals surface area contributed by atoms with Crippen LogP contribution in [0, 0.1) is 18.7 Å². The zero-order valence-electron chi connectivity index (χ0n) is 35.7. The summed E-state index contributed by atoms with van der Waals surface area (Å²) < 4.78 is 16.8. The van der Waals surface area contributed by atoms with Crippen LogP contribution in [-0.4, -0.2) is 91.3 Å². The highest BCUT2D eigenvalue weighted by molar-refractivity contribution is 6.23. The van der Waals surface area contributed by atoms with E-state index in [1.54, 1.807) is 35.3 Å². The predicted molar refractivity (Wildman–Crippen MR) is 234 cm³/mol. The van der Waals surface area contributed by atoms with Gasteiger partial charge in [-0.25, -0.2) is 14.4 Å². The molecule has 6 heterocycles. The van der Waals surface area contributed by atoms with Crippen molar-refractivity contribution in [1.82, 2.24) is 34.9 Å². The van der Waals surface area contributed by atoms with Crippen LogP contribution in [0.4, 0.5) is 27.4 Å². The van der Waals surface area contributed by atoms with E-state index in [2.05, 4.69) is 48.0 Å². The number of rotatable bonds is 9. The maximum absolute atomic E-state index is 15.1. The molecule has 0 spiro atoms. The molecule has 1 unspecified atom stereocenters. The third-order valence-corrected chi connectivity index (χ3v) is 12.6. The minimum Gasteiger partial charge on any atom is -0.371 e. The second-order valence-electron chi connectivity index (χ2n) is 17.9. The van der Waals surface area contributed by atoms with Crippen LogP contribution in [0.1, 0.15) is 94.2 Å². The third kappa shape index (κ3) is 8.42. The number of benzene rings is 3. The first-order valence-corrected chi connectivity index (χ1v) is 21.4. The van der Waals surface area contributed by atoms with Crippen LogP contribution in [-0.2, 0) is 28.1 Å². The first-order chi connectivity index (χ1) is 30.2. The van der Waals surface area contributed by atoms with Crippen LogP contribution in [0.3, 0.4) is 0 Å². The molecule has 16 heteroatoms. The largest absolute Gasteiger partial charge is 0.371 e. The Balaban J connectivity index is 0.810. The van der Waals surface area contributed by atoms with Crippen molar-refractivity contribution < 1.29 is 28.4 Å². The highest BCUT2D eigenvalue weighted by atomic mass is 19.1. The summed E-state index contributed by atoms with van der Waals surface area (Å²) in [5, 5.41) is 12.8. The Labute approximate surface area is 364 Å². The van der Waals surface area contributed by atoms with Crippen LogP contribution < -0.4 is 20.9 Å². The molecule has 0 aliphatic carbocycles. The number of nitrogens with zero attached hydrogens (tertiary/aromatic N) is 7. The van der Waals surface area contributed by atoms with E-state index < -0.39 is 35.5 Å². The van der Waals surface area contributed by atoms with Crippen molar-refractivity contribution in [1.29, 1.82) is 0 Å². The summed E-state index contributed by atoms with van der Waals surface area (Å²) in [5.41, 5.74) is 6.95. The molecule has 2 saturated heterocycles. The van der Waals surface area contributed by atoms with Gasteiger partial charge in [0, 0.05) is 74.2 Å². The van der Waals surface area contributed by atoms with Crippen molar-refractivity contribution in [3.63, 3.8) is 0 Å². The molecule has 3 aromatic carbocycles. The number of hydrogen-bond acceptors (Lipinski definition) is 11. The summed E-state index contributed by atoms with van der Waals surface area (Å²) in [5.74, 6) is -2.05. The lowest BCUT2D eigenvalue weighted by Gasteiger charge is -2.37. The standard InChI is InChI=1S/C47H49FN10O5/c1-27-36(20-32(48)21-39(27)52-42(60)31-23-50-57(26-31)47(2,3)4)38-11-15-49-46(53-38)51-33-6-5-29-14-16-55(25-30(29)19-33)24-28-12-17-56(18-13-28)34-7-8-35-37(22-34)45(63)58(44(35)62)40-9-10-41(59)54-43(40)61/h5-8,11,15,19-23,26,28,40H,9-10,12-14,16-18,24-25H2,1-4H3,(H,52,60)(H,49,51,53)(H,54,59,61). The van der Waals surface area contributed by atoms with E-state index in [-0.39, 0.29) is 29.9 Å². The van der Waals surface area contributed by atoms with E-state index in [1.165, 1.54) is 29.5 Å². The quantitative estimate of drug-likeness (QED) is 0.144. The fourth-order valence-corrected chi connectivity index (χ4v) is 9.02. The zero-order chi connectivity index (χ0) is 44.2. The van der Waals surface area contributed by atoms with Gasteiger partial charge in [-0.1, -0.05) is 6.07 Å². The molecule has 0 saturated carbocycles. The summed E-state index contributed by atoms with van der Waals surface area (Å²) in [6.45, 7) is 12.2. The first-order valence-electron chi connectivity index (χ1n) is 21.4. The number of piperidine rings is 2. The van der Waals surface area contributed by atoms with E-state index in [0.717, 1.165) is 68.3 Å². The molecular weight excluding hydrogens is 804 g/mol. The molecule has 3 N–H and O–H groups in total. The fourth-order valence-electron chi connectivity index (χ4n) is 9.02. The van der Waals surface area contributed by atoms with Crippen molar-refractivity contribution in [2.24, 2.45) is 5.92 Å². The Kier molecular flexibility index (Phi) is 10.9. The number of carbonyl (C=O) groups is 5. The molecule has 0 bridgehead atoms. The number of halogens is 1. The van der Waals surface area contributed by atoms with Crippen LogP contribution >= 0.6 is 0 Å². The van der Waals surface area contributed by atoms with Gasteiger partial charge in [-0.05, 0) is 125 Å². The van der Waals surface area contributed by atoms with Crippen LogP contribution in [0.2, 0.25) is 0 Å². The lowest BCUT2D eigenvalue weighted by Crippen LogP contribution is -2.54. The Morgan fingerprint density at radius 3 is 2.44 bits per heavy atom. The Morgan fingerprint density at radius 1 is 0.889 bits per heavy atom. The maximum Gasteiger partial charge on any atom is 0.262 e. The fraction of sp³-hybridized carbons (Fsp3) is 0.362. The van der Waals surface area contributed by atoms with Crippen LogP contribution in [0.25, 0.3) is 11.3 Å². The Hall–Kier alpha value is -6.81. The molecule has 5 aromatic rings. The molecule has 1 atom stereocenters. The van der Waals surface area contributed by atoms with E-state index in [4.69, 9.17) is 4.98 Å². The van der Waals surface area contributed by atoms with Crippen molar-refractivity contribution >= 4 is 52.5 Å². The average molecular weight is 853 g/mol. The second kappa shape index (κ2) is 16.5. The molecule has 0 radical (unpaired) electrons. The number of anilines is 4. The molecule has 4 aliphatic heterocycles. The van der Waals surface area contributed by atoms with Gasteiger partial charge >= 0.3 is 0 Å². The molecular formula is C47H49FN10O5. The summed E-state index contributed by atoms with van der Waals surface area (Å²) in [7, 11) is 0. The lowest BCUT2D eigenvalue weighted by molar-refractivity contribution is -0.136. The number of nitrogens with one attached hydrogen (secondary N) is 3. The highest BCUT2D eigenvalue weighted by Crippen LogP contribution is 2.34. The number of fused-ring (bicyclic) bond motifs is 2. The van der Waals surface area contributed by atoms with Crippen molar-refractivity contribution in [2.75, 3.05) is 41.7 Å². The minimum atomic E-state index is -0.988. The summed E-state index contributed by atoms with van der Waals surface area (Å²) in [6, 6.07) is 15.1. The third-order valence-electron chi connectivity index (χ3n) is 12.6. The molecule has 4 aliphatic rings. The van der Waals surface area contributed by atoms with Gasteiger partial charge in [0.15, 0.2) is 0 Å². The predicted octanol–water partition coefficient (Wildman–Crippen LogP) is 6.21. The van der Waals surface area contributed by atoms with Gasteiger partial charge in [0.1, 0.15) is 11.9 Å². The van der Waals surface area contributed by atoms with Crippen molar-refractivity contribution in [3.8, 4) is 11.3 Å². The van der Waals surface area contributed by atoms with E-state index in [1.807, 2.05) is 39.8 Å². The van der Waals surface area contributed by atoms with Gasteiger partial charge in [0.05, 0.1) is 34.1 Å². The van der Waals surface area contributed by atoms with Gasteiger partial charge in [0.2, 0.25) is 17.8 Å². The number of amides is 5. The number of aromatic nitrogens is 4. The normalized spacial score (nSPS) is 18.3. The van der Waals surface area contributed by atoms with Crippen molar-refractivity contribution in [3.05, 3.63) is 112 Å². The van der Waals surface area contributed by atoms with Gasteiger partial charge in [-0.3, -0.25) is 43.8 Å². The molecule has 2 fully saturated rings. The Bertz CT molecular complexity index is 2680. The Morgan fingerprint density at radius 2 is 1.68 bits per heavy atom. The van der Waals surface area contributed by atoms with E-state index >= 15 is 4.39 Å². The molecule has 5 amide bonds. The number of carbonyl (C=O) groups excluding carboxylic acids is 5. The summed E-state index contributed by atoms with van der Waals surface area (Å²) in [6.07, 6.45) is 7.90. The molecule has 2 aromatic heterocycles. The van der Waals surface area contributed by atoms with E-state index in [9.17, 15) is 24.0 Å². The number of hydrogen-bond donors (Lipinski definition) is 3. The summed E-state index contributed by atoms with van der Waals surface area (Å²) in [4.78, 5) is 78.9. The topological polar surface area (TPSA) is 175 Å². The first kappa shape index (κ1) is 41.5. The van der Waals surface area contributed by atoms with Crippen LogP contribution in [0.15, 0.2) is 73.2 Å². The zero-order valence-corrected chi connectivity index (χ0v) is 35.7. The smallest absolute Gasteiger partial charge is 0.262 e. The monoisotopic (exact) mass is 852 g/mol.